The van der Waals surface area contributed by atoms with E-state index < -0.39 is 27.8 Å². The molecule has 0 amide bonds. The summed E-state index contributed by atoms with van der Waals surface area (Å²) in [7, 11) is -1.23. The van der Waals surface area contributed by atoms with Crippen LogP contribution in [-0.4, -0.2) is 36.1 Å². The van der Waals surface area contributed by atoms with Crippen LogP contribution in [0.5, 0.6) is 5.75 Å². The monoisotopic (exact) mass is 403 g/mol. The molecule has 0 saturated heterocycles. The smallest absolute Gasteiger partial charge is 0.471 e. The van der Waals surface area contributed by atoms with Gasteiger partial charge in [0.05, 0.1) is 10.8 Å². The van der Waals surface area contributed by atoms with Gasteiger partial charge in [0.1, 0.15) is 23.3 Å². The molecule has 27 heavy (non-hydrogen) atoms. The second-order valence-corrected chi connectivity index (χ2v) is 9.53. The number of aromatic nitrogens is 2. The molecule has 10 heteroatoms. The highest BCUT2D eigenvalue weighted by Crippen LogP contribution is 2.33. The average molecular weight is 403 g/mol. The van der Waals surface area contributed by atoms with Crippen molar-refractivity contribution in [3.63, 3.8) is 0 Å². The van der Waals surface area contributed by atoms with Gasteiger partial charge in [0.25, 0.3) is 0 Å². The fourth-order valence-electron chi connectivity index (χ4n) is 2.61. The highest BCUT2D eigenvalue weighted by Gasteiger charge is 2.38. The van der Waals surface area contributed by atoms with Gasteiger partial charge in [-0.3, -0.25) is 0 Å². The predicted molar refractivity (Wildman–Crippen MR) is 93.1 cm³/mol. The molecule has 0 bridgehead atoms. The third-order valence-electron chi connectivity index (χ3n) is 4.03. The molecule has 0 spiro atoms. The van der Waals surface area contributed by atoms with E-state index in [2.05, 4.69) is 14.7 Å². The summed E-state index contributed by atoms with van der Waals surface area (Å²) in [5.74, 6) is -1.05. The van der Waals surface area contributed by atoms with E-state index in [9.17, 15) is 17.4 Å². The minimum absolute atomic E-state index is 0.0945. The summed E-state index contributed by atoms with van der Waals surface area (Å²) >= 11 is 0. The first-order chi connectivity index (χ1) is 12.5. The van der Waals surface area contributed by atoms with E-state index in [4.69, 9.17) is 4.74 Å². The quantitative estimate of drug-likeness (QED) is 0.763. The van der Waals surface area contributed by atoms with Crippen LogP contribution in [-0.2, 0) is 23.7 Å². The summed E-state index contributed by atoms with van der Waals surface area (Å²) in [5.41, 5.74) is 1.14. The van der Waals surface area contributed by atoms with Gasteiger partial charge >= 0.3 is 12.1 Å². The summed E-state index contributed by atoms with van der Waals surface area (Å²) in [6.07, 6.45) is -4.69. The van der Waals surface area contributed by atoms with Gasteiger partial charge < -0.3 is 9.26 Å². The van der Waals surface area contributed by atoms with E-state index in [1.54, 1.807) is 18.2 Å². The minimum atomic E-state index is -4.69. The van der Waals surface area contributed by atoms with Crippen LogP contribution in [0.2, 0.25) is 0 Å². The third kappa shape index (κ3) is 4.16. The first-order valence-corrected chi connectivity index (χ1v) is 9.43. The van der Waals surface area contributed by atoms with E-state index >= 15 is 0 Å². The van der Waals surface area contributed by atoms with E-state index in [-0.39, 0.29) is 11.9 Å². The zero-order valence-electron chi connectivity index (χ0n) is 15.3. The maximum Gasteiger partial charge on any atom is 0.471 e. The SMILES string of the molecule is CC1COc2cc(-c3noc(C(F)(F)F)n3)ccc2CN1S(=O)C(C)(C)C. The Morgan fingerprint density at radius 2 is 1.96 bits per heavy atom. The van der Waals surface area contributed by atoms with Gasteiger partial charge in [0.15, 0.2) is 0 Å². The van der Waals surface area contributed by atoms with Crippen molar-refractivity contribution in [2.45, 2.75) is 51.2 Å². The molecule has 0 N–H and O–H groups in total. The maximum atomic E-state index is 12.8. The Labute approximate surface area is 157 Å². The van der Waals surface area contributed by atoms with Crippen LogP contribution < -0.4 is 4.74 Å². The summed E-state index contributed by atoms with van der Waals surface area (Å²) in [4.78, 5) is 3.40. The standard InChI is InChI=1S/C17H20F3N3O3S/c1-10-9-25-13-7-11(14-21-15(26-22-14)17(18,19)20)5-6-12(13)8-23(10)27(24)16(2,3)4/h5-7,10H,8-9H2,1-4H3. The van der Waals surface area contributed by atoms with Gasteiger partial charge in [0.2, 0.25) is 5.82 Å². The second-order valence-electron chi connectivity index (χ2n) is 7.34. The zero-order chi connectivity index (χ0) is 20.0. The number of fused-ring (bicyclic) bond motifs is 1. The van der Waals surface area contributed by atoms with Crippen LogP contribution in [0.15, 0.2) is 22.7 Å². The molecule has 6 nitrogen and oxygen atoms in total. The average Bonchev–Trinajstić information content (AvgIpc) is 3.01. The highest BCUT2D eigenvalue weighted by atomic mass is 32.2. The van der Waals surface area contributed by atoms with Gasteiger partial charge in [0, 0.05) is 17.7 Å². The normalized spacial score (nSPS) is 19.9. The summed E-state index contributed by atoms with van der Waals surface area (Å²) in [6, 6.07) is 4.81. The highest BCUT2D eigenvalue weighted by molar-refractivity contribution is 7.84. The van der Waals surface area contributed by atoms with Gasteiger partial charge in [-0.05, 0) is 33.8 Å². The summed E-state index contributed by atoms with van der Waals surface area (Å²) in [5, 5.41) is 3.39. The topological polar surface area (TPSA) is 68.5 Å². The molecular weight excluding hydrogens is 383 g/mol. The molecule has 1 aliphatic heterocycles. The minimum Gasteiger partial charge on any atom is -0.492 e. The first kappa shape index (κ1) is 19.8. The number of hydrogen-bond acceptors (Lipinski definition) is 5. The second kappa shape index (κ2) is 6.90. The maximum absolute atomic E-state index is 12.8. The van der Waals surface area contributed by atoms with Crippen molar-refractivity contribution in [2.75, 3.05) is 6.61 Å². The molecule has 1 aromatic heterocycles. The lowest BCUT2D eigenvalue weighted by molar-refractivity contribution is -0.159. The lowest BCUT2D eigenvalue weighted by Gasteiger charge is -2.31. The Hall–Kier alpha value is -1.94. The molecule has 2 heterocycles. The first-order valence-electron chi connectivity index (χ1n) is 8.32. The molecule has 2 atom stereocenters. The summed E-state index contributed by atoms with van der Waals surface area (Å²) in [6.45, 7) is 8.34. The lowest BCUT2D eigenvalue weighted by Crippen LogP contribution is -2.43. The molecule has 0 fully saturated rings. The van der Waals surface area contributed by atoms with Gasteiger partial charge in [-0.15, -0.1) is 0 Å². The largest absolute Gasteiger partial charge is 0.492 e. The van der Waals surface area contributed by atoms with Crippen molar-refractivity contribution >= 4 is 11.0 Å². The molecule has 0 saturated carbocycles. The molecule has 2 aromatic rings. The molecule has 1 aliphatic rings. The van der Waals surface area contributed by atoms with Gasteiger partial charge in [-0.2, -0.15) is 18.2 Å². The van der Waals surface area contributed by atoms with Crippen molar-refractivity contribution < 1.29 is 26.6 Å². The fourth-order valence-corrected chi connectivity index (χ4v) is 3.95. The third-order valence-corrected chi connectivity index (χ3v) is 5.99. The van der Waals surface area contributed by atoms with Crippen LogP contribution >= 0.6 is 0 Å². The number of rotatable bonds is 2. The molecule has 3 rings (SSSR count). The van der Waals surface area contributed by atoms with Crippen LogP contribution in [0.25, 0.3) is 11.4 Å². The number of halogens is 3. The molecule has 1 aromatic carbocycles. The number of nitrogens with zero attached hydrogens (tertiary/aromatic N) is 3. The summed E-state index contributed by atoms with van der Waals surface area (Å²) < 4.78 is 62.3. The van der Waals surface area contributed by atoms with E-state index in [1.807, 2.05) is 32.0 Å². The Morgan fingerprint density at radius 3 is 2.56 bits per heavy atom. The van der Waals surface area contributed by atoms with Crippen LogP contribution in [0.3, 0.4) is 0 Å². The molecule has 0 radical (unpaired) electrons. The number of benzene rings is 1. The fraction of sp³-hybridized carbons (Fsp3) is 0.529. The number of hydrogen-bond donors (Lipinski definition) is 0. The number of ether oxygens (including phenoxy) is 1. The van der Waals surface area contributed by atoms with Crippen molar-refractivity contribution in [1.29, 1.82) is 0 Å². The van der Waals surface area contributed by atoms with Crippen molar-refractivity contribution in [3.05, 3.63) is 29.7 Å². The van der Waals surface area contributed by atoms with Crippen LogP contribution in [0.4, 0.5) is 13.2 Å². The Bertz CT molecular complexity index is 861. The van der Waals surface area contributed by atoms with E-state index in [0.717, 1.165) is 5.56 Å². The van der Waals surface area contributed by atoms with Crippen molar-refractivity contribution in [3.8, 4) is 17.1 Å². The van der Waals surface area contributed by atoms with Gasteiger partial charge in [-0.25, -0.2) is 8.51 Å². The Balaban J connectivity index is 1.90. The Kier molecular flexibility index (Phi) is 5.06. The van der Waals surface area contributed by atoms with Crippen molar-refractivity contribution in [2.24, 2.45) is 0 Å². The van der Waals surface area contributed by atoms with Crippen molar-refractivity contribution in [1.82, 2.24) is 14.4 Å². The molecular formula is C17H20F3N3O3S. The molecule has 0 aliphatic carbocycles. The van der Waals surface area contributed by atoms with Gasteiger partial charge in [-0.1, -0.05) is 17.3 Å². The molecule has 148 valence electrons. The van der Waals surface area contributed by atoms with Crippen LogP contribution in [0, 0.1) is 0 Å². The van der Waals surface area contributed by atoms with E-state index in [1.165, 1.54) is 0 Å². The van der Waals surface area contributed by atoms with E-state index in [0.29, 0.717) is 24.5 Å². The molecule has 2 unspecified atom stereocenters. The predicted octanol–water partition coefficient (Wildman–Crippen LogP) is 3.80. The number of alkyl halides is 3. The Morgan fingerprint density at radius 1 is 1.26 bits per heavy atom. The van der Waals surface area contributed by atoms with Crippen LogP contribution in [0.1, 0.15) is 39.1 Å². The lowest BCUT2D eigenvalue weighted by atomic mass is 10.1. The zero-order valence-corrected chi connectivity index (χ0v) is 16.1.